The third-order valence-electron chi connectivity index (χ3n) is 5.36. The van der Waals surface area contributed by atoms with Crippen molar-refractivity contribution < 1.29 is 13.9 Å². The molecule has 1 atom stereocenters. The van der Waals surface area contributed by atoms with E-state index in [9.17, 15) is 4.39 Å². The van der Waals surface area contributed by atoms with Crippen LogP contribution in [-0.2, 0) is 15.9 Å². The Morgan fingerprint density at radius 1 is 1.21 bits per heavy atom. The number of benzene rings is 1. The average Bonchev–Trinajstić information content (AvgIpc) is 2.72. The SMILES string of the molecule is CN=C(NCCc1ccc(F)cc1)N1CCC(OCC2CCCCO2)CC1.I. The Morgan fingerprint density at radius 3 is 2.61 bits per heavy atom. The van der Waals surface area contributed by atoms with Crippen molar-refractivity contribution in [3.8, 4) is 0 Å². The van der Waals surface area contributed by atoms with Crippen molar-refractivity contribution in [2.24, 2.45) is 4.99 Å². The number of aliphatic imine (C=N–C) groups is 1. The van der Waals surface area contributed by atoms with E-state index in [-0.39, 0.29) is 35.9 Å². The van der Waals surface area contributed by atoms with Crippen molar-refractivity contribution in [2.75, 3.05) is 39.9 Å². The van der Waals surface area contributed by atoms with E-state index in [1.54, 1.807) is 0 Å². The second-order valence-electron chi connectivity index (χ2n) is 7.36. The van der Waals surface area contributed by atoms with Crippen LogP contribution in [0.3, 0.4) is 0 Å². The standard InChI is InChI=1S/C21H32FN3O2.HI/c1-23-21(24-12-9-17-5-7-18(22)8-6-17)25-13-10-19(11-14-25)27-16-20-4-2-3-15-26-20;/h5-8,19-20H,2-4,9-16H2,1H3,(H,23,24);1H. The number of hydrogen-bond acceptors (Lipinski definition) is 3. The zero-order chi connectivity index (χ0) is 18.9. The summed E-state index contributed by atoms with van der Waals surface area (Å²) in [6.07, 6.45) is 7.07. The lowest BCUT2D eigenvalue weighted by Crippen LogP contribution is -2.47. The number of likely N-dealkylation sites (tertiary alicyclic amines) is 1. The van der Waals surface area contributed by atoms with Crippen LogP contribution in [0.4, 0.5) is 4.39 Å². The van der Waals surface area contributed by atoms with Gasteiger partial charge in [0.15, 0.2) is 5.96 Å². The molecule has 2 heterocycles. The van der Waals surface area contributed by atoms with Gasteiger partial charge in [-0.1, -0.05) is 12.1 Å². The van der Waals surface area contributed by atoms with E-state index in [1.165, 1.54) is 25.0 Å². The van der Waals surface area contributed by atoms with Gasteiger partial charge in [-0.3, -0.25) is 4.99 Å². The molecule has 5 nitrogen and oxygen atoms in total. The van der Waals surface area contributed by atoms with Gasteiger partial charge in [-0.05, 0) is 56.2 Å². The maximum absolute atomic E-state index is 13.0. The fourth-order valence-electron chi connectivity index (χ4n) is 3.72. The molecule has 0 spiro atoms. The second-order valence-corrected chi connectivity index (χ2v) is 7.36. The summed E-state index contributed by atoms with van der Waals surface area (Å²) in [4.78, 5) is 6.71. The molecule has 0 aromatic heterocycles. The first-order valence-corrected chi connectivity index (χ1v) is 10.2. The molecule has 2 aliphatic heterocycles. The molecule has 2 fully saturated rings. The Kier molecular flexibility index (Phi) is 10.5. The van der Waals surface area contributed by atoms with Crippen LogP contribution in [0.15, 0.2) is 29.3 Å². The molecule has 0 bridgehead atoms. The molecule has 28 heavy (non-hydrogen) atoms. The summed E-state index contributed by atoms with van der Waals surface area (Å²) in [7, 11) is 1.82. The normalized spacial score (nSPS) is 21.3. The van der Waals surface area contributed by atoms with Gasteiger partial charge in [-0.25, -0.2) is 4.39 Å². The number of guanidine groups is 1. The number of rotatable bonds is 6. The molecule has 1 aromatic carbocycles. The largest absolute Gasteiger partial charge is 0.376 e. The highest BCUT2D eigenvalue weighted by Crippen LogP contribution is 2.18. The quantitative estimate of drug-likeness (QED) is 0.365. The van der Waals surface area contributed by atoms with E-state index in [0.29, 0.717) is 6.10 Å². The fourth-order valence-corrected chi connectivity index (χ4v) is 3.72. The van der Waals surface area contributed by atoms with E-state index in [0.717, 1.165) is 70.1 Å². The molecule has 2 saturated heterocycles. The third kappa shape index (κ3) is 7.48. The van der Waals surface area contributed by atoms with Crippen molar-refractivity contribution in [2.45, 2.75) is 50.7 Å². The zero-order valence-electron chi connectivity index (χ0n) is 16.7. The number of nitrogens with zero attached hydrogens (tertiary/aromatic N) is 2. The van der Waals surface area contributed by atoms with Crippen LogP contribution in [-0.4, -0.2) is 63.0 Å². The minimum Gasteiger partial charge on any atom is -0.376 e. The van der Waals surface area contributed by atoms with Gasteiger partial charge < -0.3 is 19.7 Å². The molecule has 2 aliphatic rings. The van der Waals surface area contributed by atoms with Gasteiger partial charge in [-0.2, -0.15) is 0 Å². The lowest BCUT2D eigenvalue weighted by Gasteiger charge is -2.35. The second kappa shape index (κ2) is 12.6. The number of ether oxygens (including phenoxy) is 2. The molecular weight excluding hydrogens is 472 g/mol. The highest BCUT2D eigenvalue weighted by atomic mass is 127. The van der Waals surface area contributed by atoms with Crippen LogP contribution < -0.4 is 5.32 Å². The Hall–Kier alpha value is -0.930. The first-order chi connectivity index (χ1) is 13.2. The number of nitrogens with one attached hydrogen (secondary N) is 1. The summed E-state index contributed by atoms with van der Waals surface area (Å²) in [5.74, 6) is 0.744. The van der Waals surface area contributed by atoms with E-state index in [2.05, 4.69) is 15.2 Å². The van der Waals surface area contributed by atoms with Crippen LogP contribution in [0.2, 0.25) is 0 Å². The smallest absolute Gasteiger partial charge is 0.193 e. The summed E-state index contributed by atoms with van der Waals surface area (Å²) < 4.78 is 24.8. The Balaban J connectivity index is 0.00000280. The van der Waals surface area contributed by atoms with Crippen LogP contribution in [0.5, 0.6) is 0 Å². The van der Waals surface area contributed by atoms with Crippen molar-refractivity contribution >= 4 is 29.9 Å². The molecule has 1 N–H and O–H groups in total. The summed E-state index contributed by atoms with van der Waals surface area (Å²) in [6, 6.07) is 6.68. The molecule has 158 valence electrons. The third-order valence-corrected chi connectivity index (χ3v) is 5.36. The maximum atomic E-state index is 13.0. The lowest BCUT2D eigenvalue weighted by molar-refractivity contribution is -0.0721. The van der Waals surface area contributed by atoms with Crippen molar-refractivity contribution in [3.05, 3.63) is 35.6 Å². The van der Waals surface area contributed by atoms with Gasteiger partial charge >= 0.3 is 0 Å². The highest BCUT2D eigenvalue weighted by Gasteiger charge is 2.23. The summed E-state index contributed by atoms with van der Waals surface area (Å²) >= 11 is 0. The van der Waals surface area contributed by atoms with Gasteiger partial charge in [0.25, 0.3) is 0 Å². The van der Waals surface area contributed by atoms with Gasteiger partial charge in [0.2, 0.25) is 0 Å². The van der Waals surface area contributed by atoms with Gasteiger partial charge in [-0.15, -0.1) is 24.0 Å². The minimum atomic E-state index is -0.192. The molecule has 1 aromatic rings. The lowest BCUT2D eigenvalue weighted by atomic mass is 10.1. The van der Waals surface area contributed by atoms with Crippen LogP contribution in [0.25, 0.3) is 0 Å². The summed E-state index contributed by atoms with van der Waals surface area (Å²) in [6.45, 7) is 4.30. The average molecular weight is 505 g/mol. The Bertz CT molecular complexity index is 586. The van der Waals surface area contributed by atoms with Gasteiger partial charge in [0.1, 0.15) is 5.82 Å². The van der Waals surface area contributed by atoms with Crippen molar-refractivity contribution in [1.29, 1.82) is 0 Å². The molecule has 7 heteroatoms. The molecule has 0 radical (unpaired) electrons. The Morgan fingerprint density at radius 2 is 1.96 bits per heavy atom. The molecule has 3 rings (SSSR count). The molecular formula is C21H33FIN3O2. The van der Waals surface area contributed by atoms with E-state index >= 15 is 0 Å². The van der Waals surface area contributed by atoms with Crippen LogP contribution in [0, 0.1) is 5.82 Å². The topological polar surface area (TPSA) is 46.1 Å². The molecule has 0 saturated carbocycles. The predicted octanol–water partition coefficient (Wildman–Crippen LogP) is 3.61. The van der Waals surface area contributed by atoms with Crippen LogP contribution in [0.1, 0.15) is 37.7 Å². The summed E-state index contributed by atoms with van der Waals surface area (Å²) in [5.41, 5.74) is 1.12. The van der Waals surface area contributed by atoms with Gasteiger partial charge in [0, 0.05) is 33.3 Å². The first-order valence-electron chi connectivity index (χ1n) is 10.2. The van der Waals surface area contributed by atoms with E-state index < -0.39 is 0 Å². The molecule has 1 unspecified atom stereocenters. The highest BCUT2D eigenvalue weighted by molar-refractivity contribution is 14.0. The molecule has 0 aliphatic carbocycles. The van der Waals surface area contributed by atoms with Gasteiger partial charge in [0.05, 0.1) is 18.8 Å². The number of hydrogen-bond donors (Lipinski definition) is 1. The fraction of sp³-hybridized carbons (Fsp3) is 0.667. The van der Waals surface area contributed by atoms with Crippen LogP contribution >= 0.6 is 24.0 Å². The van der Waals surface area contributed by atoms with E-state index in [1.807, 2.05) is 19.2 Å². The number of halogens is 2. The maximum Gasteiger partial charge on any atom is 0.193 e. The summed E-state index contributed by atoms with van der Waals surface area (Å²) in [5, 5.41) is 3.42. The minimum absolute atomic E-state index is 0. The monoisotopic (exact) mass is 505 g/mol. The van der Waals surface area contributed by atoms with Crippen molar-refractivity contribution in [3.63, 3.8) is 0 Å². The first kappa shape index (κ1) is 23.3. The molecule has 0 amide bonds. The van der Waals surface area contributed by atoms with Crippen molar-refractivity contribution in [1.82, 2.24) is 10.2 Å². The zero-order valence-corrected chi connectivity index (χ0v) is 19.1. The predicted molar refractivity (Wildman–Crippen MR) is 121 cm³/mol. The van der Waals surface area contributed by atoms with E-state index in [4.69, 9.17) is 9.47 Å². The number of piperidine rings is 1. The Labute approximate surface area is 185 Å².